The van der Waals surface area contributed by atoms with Gasteiger partial charge in [0.1, 0.15) is 24.9 Å². The molecule has 2 heterocycles. The summed E-state index contributed by atoms with van der Waals surface area (Å²) in [6, 6.07) is 0. The molecule has 2 N–H and O–H groups in total. The molecule has 0 aliphatic carbocycles. The Morgan fingerprint density at radius 2 is 1.00 bits per heavy atom. The second-order valence-electron chi connectivity index (χ2n) is 9.06. The quantitative estimate of drug-likeness (QED) is 0.206. The van der Waals surface area contributed by atoms with Crippen LogP contribution in [0.5, 0.6) is 0 Å². The van der Waals surface area contributed by atoms with E-state index in [0.717, 1.165) is 41.5 Å². The average Bonchev–Trinajstić information content (AvgIpc) is 2.83. The first kappa shape index (κ1) is 33.8. The van der Waals surface area contributed by atoms with Crippen molar-refractivity contribution < 1.29 is 81.6 Å². The van der Waals surface area contributed by atoms with Crippen LogP contribution >= 0.6 is 0 Å². The van der Waals surface area contributed by atoms with Crippen molar-refractivity contribution in [3.05, 3.63) is 0 Å². The molecule has 0 bridgehead atoms. The zero-order valence-corrected chi connectivity index (χ0v) is 23.2. The molecule has 0 unspecified atom stereocenters. The molecule has 2 aliphatic rings. The van der Waals surface area contributed by atoms with Gasteiger partial charge in [0.25, 0.3) is 0 Å². The van der Waals surface area contributed by atoms with E-state index in [9.17, 15) is 39.0 Å². The highest BCUT2D eigenvalue weighted by atomic mass is 16.8. The van der Waals surface area contributed by atoms with Crippen LogP contribution in [0.3, 0.4) is 0 Å². The summed E-state index contributed by atoms with van der Waals surface area (Å²) < 4.78 is 48.5. The maximum absolute atomic E-state index is 12.1. The van der Waals surface area contributed by atoms with Crippen LogP contribution in [0.25, 0.3) is 0 Å². The van der Waals surface area contributed by atoms with Crippen molar-refractivity contribution in [1.82, 2.24) is 0 Å². The van der Waals surface area contributed by atoms with Crippen LogP contribution in [0.2, 0.25) is 0 Å². The minimum atomic E-state index is -1.88. The first-order valence-electron chi connectivity index (χ1n) is 12.4. The second-order valence-corrected chi connectivity index (χ2v) is 9.06. The Labute approximate surface area is 234 Å². The van der Waals surface area contributed by atoms with Gasteiger partial charge in [-0.25, -0.2) is 0 Å². The van der Waals surface area contributed by atoms with E-state index in [0.29, 0.717) is 0 Å². The monoisotopic (exact) mass is 594 g/mol. The lowest BCUT2D eigenvalue weighted by Gasteiger charge is -2.48. The zero-order valence-electron chi connectivity index (χ0n) is 23.2. The summed E-state index contributed by atoms with van der Waals surface area (Å²) in [4.78, 5) is 71.1. The highest BCUT2D eigenvalue weighted by Crippen LogP contribution is 2.34. The molecule has 0 aromatic carbocycles. The lowest BCUT2D eigenvalue weighted by atomic mass is 9.96. The molecule has 0 radical (unpaired) electrons. The predicted octanol–water partition coefficient (Wildman–Crippen LogP) is -1.97. The van der Waals surface area contributed by atoms with Gasteiger partial charge in [0, 0.05) is 41.5 Å². The second kappa shape index (κ2) is 15.0. The number of carbonyl (C=O) groups excluding carboxylic acids is 6. The number of rotatable bonds is 10. The third-order valence-electron chi connectivity index (χ3n) is 5.63. The number of hydrogen-bond donors (Lipinski definition) is 2. The fourth-order valence-electron chi connectivity index (χ4n) is 4.30. The molecule has 17 nitrogen and oxygen atoms in total. The summed E-state index contributed by atoms with van der Waals surface area (Å²) in [6.07, 6.45) is -16.0. The maximum Gasteiger partial charge on any atom is 0.303 e. The zero-order chi connectivity index (χ0) is 31.0. The standard InChI is InChI=1S/C24H34O17/c1-9(26)33-8-16-18(19(35-11(3)28)21(23(32)39-16)37-13(5)30)41-24-22(38-14(6)31)20(36-12(4)29)17(34-10(2)27)15(7-25)40-24/h15-25,32H,7-8H2,1-6H3/t15-,16-,17+,18-,19+,20+,21-,22-,23-,24+/m1/s1. The molecule has 0 aromatic heterocycles. The van der Waals surface area contributed by atoms with E-state index in [1.807, 2.05) is 0 Å². The molecule has 0 aromatic rings. The van der Waals surface area contributed by atoms with Gasteiger partial charge in [-0.05, 0) is 0 Å². The molecule has 0 saturated carbocycles. The summed E-state index contributed by atoms with van der Waals surface area (Å²) in [7, 11) is 0. The van der Waals surface area contributed by atoms with Crippen LogP contribution < -0.4 is 0 Å². The molecule has 232 valence electrons. The minimum Gasteiger partial charge on any atom is -0.463 e. The van der Waals surface area contributed by atoms with Gasteiger partial charge in [0.15, 0.2) is 43.1 Å². The number of aliphatic hydroxyl groups excluding tert-OH is 2. The van der Waals surface area contributed by atoms with Crippen molar-refractivity contribution in [2.75, 3.05) is 13.2 Å². The Bertz CT molecular complexity index is 981. The van der Waals surface area contributed by atoms with E-state index in [2.05, 4.69) is 0 Å². The Hall–Kier alpha value is -3.38. The highest BCUT2D eigenvalue weighted by molar-refractivity contribution is 5.69. The molecular weight excluding hydrogens is 560 g/mol. The SMILES string of the molecule is CC(=O)OC[C@H]1O[C@@H](O)[C@H](OC(C)=O)[C@@H](OC(C)=O)[C@@H]1O[C@@H]1O[C@H](CO)[C@H](OC(C)=O)[C@H](OC(C)=O)[C@H]1OC(C)=O. The fraction of sp³-hybridized carbons (Fsp3) is 0.750. The Kier molecular flexibility index (Phi) is 12.4. The lowest BCUT2D eigenvalue weighted by molar-refractivity contribution is -0.357. The molecule has 10 atom stereocenters. The average molecular weight is 595 g/mol. The number of ether oxygens (including phenoxy) is 9. The summed E-state index contributed by atoms with van der Waals surface area (Å²) in [5, 5.41) is 20.5. The normalized spacial score (nSPS) is 33.1. The van der Waals surface area contributed by atoms with Gasteiger partial charge in [0.05, 0.1) is 6.61 Å². The van der Waals surface area contributed by atoms with Gasteiger partial charge >= 0.3 is 35.8 Å². The van der Waals surface area contributed by atoms with E-state index in [4.69, 9.17) is 42.6 Å². The Morgan fingerprint density at radius 1 is 0.561 bits per heavy atom. The molecule has 41 heavy (non-hydrogen) atoms. The largest absolute Gasteiger partial charge is 0.463 e. The van der Waals surface area contributed by atoms with Crippen LogP contribution in [0.4, 0.5) is 0 Å². The van der Waals surface area contributed by atoms with Crippen LogP contribution in [-0.2, 0) is 71.4 Å². The maximum atomic E-state index is 12.1. The Morgan fingerprint density at radius 3 is 1.46 bits per heavy atom. The molecule has 0 spiro atoms. The fourth-order valence-corrected chi connectivity index (χ4v) is 4.30. The topological polar surface area (TPSA) is 226 Å². The van der Waals surface area contributed by atoms with Gasteiger partial charge in [-0.2, -0.15) is 0 Å². The van der Waals surface area contributed by atoms with Crippen LogP contribution in [-0.4, -0.2) is 121 Å². The minimum absolute atomic E-state index is 0.570. The summed E-state index contributed by atoms with van der Waals surface area (Å²) >= 11 is 0. The third-order valence-corrected chi connectivity index (χ3v) is 5.63. The van der Waals surface area contributed by atoms with Crippen molar-refractivity contribution in [3.63, 3.8) is 0 Å². The lowest BCUT2D eigenvalue weighted by Crippen LogP contribution is -2.67. The summed E-state index contributed by atoms with van der Waals surface area (Å²) in [6.45, 7) is 4.85. The van der Waals surface area contributed by atoms with E-state index in [1.54, 1.807) is 0 Å². The summed E-state index contributed by atoms with van der Waals surface area (Å²) in [5.74, 6) is -5.17. The van der Waals surface area contributed by atoms with E-state index < -0.39 is 110 Å². The van der Waals surface area contributed by atoms with Crippen molar-refractivity contribution in [2.45, 2.75) is 103 Å². The Balaban J connectivity index is 2.60. The van der Waals surface area contributed by atoms with Crippen LogP contribution in [0.15, 0.2) is 0 Å². The summed E-state index contributed by atoms with van der Waals surface area (Å²) in [5.41, 5.74) is 0. The molecule has 2 saturated heterocycles. The number of aliphatic hydroxyl groups is 2. The van der Waals surface area contributed by atoms with Crippen molar-refractivity contribution >= 4 is 35.8 Å². The molecular formula is C24H34O17. The van der Waals surface area contributed by atoms with E-state index >= 15 is 0 Å². The smallest absolute Gasteiger partial charge is 0.303 e. The molecule has 2 fully saturated rings. The number of hydrogen-bond acceptors (Lipinski definition) is 17. The highest BCUT2D eigenvalue weighted by Gasteiger charge is 2.56. The van der Waals surface area contributed by atoms with Gasteiger partial charge in [-0.15, -0.1) is 0 Å². The first-order chi connectivity index (χ1) is 19.1. The van der Waals surface area contributed by atoms with Gasteiger partial charge in [0.2, 0.25) is 0 Å². The van der Waals surface area contributed by atoms with Gasteiger partial charge in [-0.3, -0.25) is 28.8 Å². The predicted molar refractivity (Wildman–Crippen MR) is 126 cm³/mol. The first-order valence-corrected chi connectivity index (χ1v) is 12.4. The van der Waals surface area contributed by atoms with Crippen LogP contribution in [0, 0.1) is 0 Å². The molecule has 17 heteroatoms. The third kappa shape index (κ3) is 9.60. The van der Waals surface area contributed by atoms with Gasteiger partial charge in [-0.1, -0.05) is 0 Å². The number of carbonyl (C=O) groups is 6. The number of esters is 6. The van der Waals surface area contributed by atoms with Crippen molar-refractivity contribution in [3.8, 4) is 0 Å². The molecule has 0 amide bonds. The van der Waals surface area contributed by atoms with Gasteiger partial charge < -0.3 is 52.8 Å². The van der Waals surface area contributed by atoms with E-state index in [1.165, 1.54) is 0 Å². The molecule has 2 rings (SSSR count). The van der Waals surface area contributed by atoms with Crippen molar-refractivity contribution in [2.24, 2.45) is 0 Å². The van der Waals surface area contributed by atoms with Crippen molar-refractivity contribution in [1.29, 1.82) is 0 Å². The molecule has 2 aliphatic heterocycles. The van der Waals surface area contributed by atoms with E-state index in [-0.39, 0.29) is 0 Å². The van der Waals surface area contributed by atoms with Crippen LogP contribution in [0.1, 0.15) is 41.5 Å².